The first-order chi connectivity index (χ1) is 13.7. The van der Waals surface area contributed by atoms with Crippen molar-refractivity contribution in [2.45, 2.75) is 43.1 Å². The lowest BCUT2D eigenvalue weighted by Crippen LogP contribution is -2.27. The minimum Gasteiger partial charge on any atom is -0.482 e. The van der Waals surface area contributed by atoms with Crippen LogP contribution in [-0.4, -0.2) is 28.3 Å². The summed E-state index contributed by atoms with van der Waals surface area (Å²) in [6.45, 7) is 7.25. The van der Waals surface area contributed by atoms with Gasteiger partial charge in [-0.05, 0) is 63.4 Å². The second-order valence-corrected chi connectivity index (χ2v) is 8.91. The van der Waals surface area contributed by atoms with Crippen molar-refractivity contribution in [1.29, 1.82) is 0 Å². The van der Waals surface area contributed by atoms with Gasteiger partial charge in [0.1, 0.15) is 11.4 Å². The summed E-state index contributed by atoms with van der Waals surface area (Å²) < 4.78 is 10.8. The maximum atomic E-state index is 11.8. The van der Waals surface area contributed by atoms with Crippen LogP contribution in [0.4, 0.5) is 5.82 Å². The Morgan fingerprint density at radius 2 is 2.00 bits per heavy atom. The lowest BCUT2D eigenvalue weighted by atomic mass is 10.2. The molecule has 0 spiro atoms. The molecule has 0 aliphatic carbocycles. The molecule has 0 atom stereocenters. The van der Waals surface area contributed by atoms with Gasteiger partial charge in [-0.2, -0.15) is 0 Å². The molecule has 0 radical (unpaired) electrons. The van der Waals surface area contributed by atoms with Crippen LogP contribution in [-0.2, 0) is 9.53 Å². The average Bonchev–Trinajstić information content (AvgIpc) is 2.64. The summed E-state index contributed by atoms with van der Waals surface area (Å²) in [4.78, 5) is 22.3. The summed E-state index contributed by atoms with van der Waals surface area (Å²) in [5, 5.41) is 2.29. The Balaban J connectivity index is 2.01. The fraction of sp³-hybridized carbons (Fsp3) is 0.286. The summed E-state index contributed by atoms with van der Waals surface area (Å²) in [5.74, 6) is 0.738. The van der Waals surface area contributed by atoms with Gasteiger partial charge in [0.2, 0.25) is 0 Å². The number of aromatic nitrogens is 1. The topological polar surface area (TPSA) is 86.8 Å². The molecule has 6 nitrogen and oxygen atoms in total. The third kappa shape index (κ3) is 9.06. The van der Waals surface area contributed by atoms with Crippen molar-refractivity contribution in [3.05, 3.63) is 54.1 Å². The van der Waals surface area contributed by atoms with Gasteiger partial charge >= 0.3 is 5.97 Å². The van der Waals surface area contributed by atoms with E-state index in [2.05, 4.69) is 9.98 Å². The molecule has 0 bridgehead atoms. The number of hydrogen-bond donors (Lipinski definition) is 1. The van der Waals surface area contributed by atoms with Crippen LogP contribution < -0.4 is 10.5 Å². The highest BCUT2D eigenvalue weighted by atomic mass is 32.2. The minimum absolute atomic E-state index is 0.136. The van der Waals surface area contributed by atoms with Crippen molar-refractivity contribution >= 4 is 40.5 Å². The molecule has 29 heavy (non-hydrogen) atoms. The number of allylic oxidation sites excluding steroid dienone is 1. The molecule has 8 heteroatoms. The molecule has 0 saturated carbocycles. The molecule has 0 saturated heterocycles. The fourth-order valence-electron chi connectivity index (χ4n) is 2.08. The van der Waals surface area contributed by atoms with E-state index in [-0.39, 0.29) is 6.61 Å². The molecule has 0 amide bonds. The van der Waals surface area contributed by atoms with E-state index in [0.29, 0.717) is 16.7 Å². The molecule has 1 aromatic carbocycles. The van der Waals surface area contributed by atoms with Crippen molar-refractivity contribution < 1.29 is 14.3 Å². The molecule has 2 aromatic rings. The van der Waals surface area contributed by atoms with Gasteiger partial charge in [0.15, 0.2) is 17.6 Å². The quantitative estimate of drug-likeness (QED) is 0.368. The first kappa shape index (κ1) is 22.8. The Kier molecular flexibility index (Phi) is 8.60. The highest BCUT2D eigenvalue weighted by molar-refractivity contribution is 8.16. The van der Waals surface area contributed by atoms with E-state index in [4.69, 9.17) is 15.2 Å². The number of ether oxygens (including phenoxy) is 2. The molecular weight excluding hydrogens is 406 g/mol. The summed E-state index contributed by atoms with van der Waals surface area (Å²) in [6.07, 6.45) is 3.59. The summed E-state index contributed by atoms with van der Waals surface area (Å²) in [6, 6.07) is 11.3. The van der Waals surface area contributed by atoms with E-state index in [1.165, 1.54) is 23.5 Å². The van der Waals surface area contributed by atoms with E-state index in [0.717, 1.165) is 9.79 Å². The molecule has 1 heterocycles. The Morgan fingerprint density at radius 3 is 2.72 bits per heavy atom. The largest absolute Gasteiger partial charge is 0.482 e. The maximum Gasteiger partial charge on any atom is 0.344 e. The van der Waals surface area contributed by atoms with Gasteiger partial charge in [-0.25, -0.2) is 14.8 Å². The standard InChI is InChI=1S/C21H25N3O3S2/c1-5-11-28-20(22)24-18-13-17(9-10-23-18)29-16-8-6-7-15(12-16)26-14-19(25)27-21(2,3)4/h5-13H,14H2,1-4H3,(H2,22,23,24)/b11-5+. The first-order valence-electron chi connectivity index (χ1n) is 8.96. The number of rotatable bonds is 7. The number of nitrogens with two attached hydrogens (primary N) is 1. The molecule has 154 valence electrons. The number of esters is 1. The Hall–Kier alpha value is -2.45. The number of thioether (sulfide) groups is 1. The normalized spacial score (nSPS) is 12.2. The first-order valence-corrected chi connectivity index (χ1v) is 10.7. The fourth-order valence-corrected chi connectivity index (χ4v) is 3.39. The number of nitrogens with zero attached hydrogens (tertiary/aromatic N) is 2. The van der Waals surface area contributed by atoms with Crippen LogP contribution in [0, 0.1) is 0 Å². The van der Waals surface area contributed by atoms with Crippen LogP contribution in [0.1, 0.15) is 27.7 Å². The number of pyridine rings is 1. The molecular formula is C21H25N3O3S2. The zero-order chi connectivity index (χ0) is 21.3. The van der Waals surface area contributed by atoms with E-state index in [9.17, 15) is 4.79 Å². The molecule has 2 rings (SSSR count). The Bertz CT molecular complexity index is 893. The van der Waals surface area contributed by atoms with Crippen molar-refractivity contribution in [3.8, 4) is 5.75 Å². The maximum absolute atomic E-state index is 11.8. The van der Waals surface area contributed by atoms with Gasteiger partial charge in [0.25, 0.3) is 0 Å². The predicted octanol–water partition coefficient (Wildman–Crippen LogP) is 5.17. The number of aliphatic imine (C=N–C) groups is 1. The smallest absolute Gasteiger partial charge is 0.344 e. The second-order valence-electron chi connectivity index (χ2n) is 6.84. The number of hydrogen-bond acceptors (Lipinski definition) is 7. The van der Waals surface area contributed by atoms with Crippen LogP contribution in [0.3, 0.4) is 0 Å². The zero-order valence-corrected chi connectivity index (χ0v) is 18.5. The lowest BCUT2D eigenvalue weighted by molar-refractivity contribution is -0.157. The lowest BCUT2D eigenvalue weighted by Gasteiger charge is -2.19. The highest BCUT2D eigenvalue weighted by Crippen LogP contribution is 2.31. The van der Waals surface area contributed by atoms with Crippen molar-refractivity contribution in [3.63, 3.8) is 0 Å². The third-order valence-electron chi connectivity index (χ3n) is 3.08. The molecule has 0 aliphatic heterocycles. The number of carbonyl (C=O) groups is 1. The number of amidine groups is 1. The van der Waals surface area contributed by atoms with Gasteiger partial charge in [-0.15, -0.1) is 0 Å². The third-order valence-corrected chi connectivity index (χ3v) is 4.80. The van der Waals surface area contributed by atoms with Crippen LogP contribution in [0.5, 0.6) is 5.75 Å². The molecule has 0 aliphatic rings. The van der Waals surface area contributed by atoms with Crippen molar-refractivity contribution in [1.82, 2.24) is 4.98 Å². The van der Waals surface area contributed by atoms with Crippen molar-refractivity contribution in [2.24, 2.45) is 10.7 Å². The number of carbonyl (C=O) groups excluding carboxylic acids is 1. The van der Waals surface area contributed by atoms with Crippen LogP contribution >= 0.6 is 23.5 Å². The van der Waals surface area contributed by atoms with E-state index >= 15 is 0 Å². The Labute approximate surface area is 180 Å². The summed E-state index contributed by atoms with van der Waals surface area (Å²) in [5.41, 5.74) is 5.34. The van der Waals surface area contributed by atoms with Crippen LogP contribution in [0.25, 0.3) is 0 Å². The molecule has 0 fully saturated rings. The molecule has 0 unspecified atom stereocenters. The number of benzene rings is 1. The Morgan fingerprint density at radius 1 is 1.24 bits per heavy atom. The summed E-state index contributed by atoms with van der Waals surface area (Å²) >= 11 is 2.88. The van der Waals surface area contributed by atoms with Gasteiger partial charge in [-0.3, -0.25) is 0 Å². The highest BCUT2D eigenvalue weighted by Gasteiger charge is 2.16. The monoisotopic (exact) mass is 431 g/mol. The van der Waals surface area contributed by atoms with Crippen LogP contribution in [0.2, 0.25) is 0 Å². The van der Waals surface area contributed by atoms with E-state index < -0.39 is 11.6 Å². The zero-order valence-electron chi connectivity index (χ0n) is 16.9. The second kappa shape index (κ2) is 10.9. The van der Waals surface area contributed by atoms with Crippen molar-refractivity contribution in [2.75, 3.05) is 6.61 Å². The van der Waals surface area contributed by atoms with Crippen LogP contribution in [0.15, 0.2) is 68.9 Å². The summed E-state index contributed by atoms with van der Waals surface area (Å²) in [7, 11) is 0. The van der Waals surface area contributed by atoms with Gasteiger partial charge in [-0.1, -0.05) is 35.7 Å². The van der Waals surface area contributed by atoms with Gasteiger partial charge in [0, 0.05) is 16.0 Å². The SMILES string of the molecule is C/C=C/SC(N)=Nc1cc(Sc2cccc(OCC(=O)OC(C)(C)C)c2)ccn1. The van der Waals surface area contributed by atoms with Gasteiger partial charge < -0.3 is 15.2 Å². The average molecular weight is 432 g/mol. The minimum atomic E-state index is -0.533. The van der Waals surface area contributed by atoms with E-state index in [1.54, 1.807) is 12.3 Å². The van der Waals surface area contributed by atoms with Gasteiger partial charge in [0.05, 0.1) is 0 Å². The molecule has 2 N–H and O–H groups in total. The predicted molar refractivity (Wildman–Crippen MR) is 120 cm³/mol. The molecule has 1 aromatic heterocycles. The van der Waals surface area contributed by atoms with E-state index in [1.807, 2.05) is 69.5 Å².